The summed E-state index contributed by atoms with van der Waals surface area (Å²) in [4.78, 5) is 5.19. The second-order valence-electron chi connectivity index (χ2n) is 5.25. The molecule has 0 aliphatic carbocycles. The number of rotatable bonds is 4. The van der Waals surface area contributed by atoms with Crippen molar-refractivity contribution < 1.29 is 0 Å². The van der Waals surface area contributed by atoms with E-state index in [1.165, 1.54) is 45.4 Å². The van der Waals surface area contributed by atoms with Crippen molar-refractivity contribution >= 4 is 0 Å². The minimum Gasteiger partial charge on any atom is -0.305 e. The maximum absolute atomic E-state index is 8.90. The number of nitrogens with zero attached hydrogens (tertiary/aromatic N) is 3. The molecule has 96 valence electrons. The minimum absolute atomic E-state index is 0.0133. The molecule has 0 amide bonds. The van der Waals surface area contributed by atoms with E-state index in [4.69, 9.17) is 5.26 Å². The number of piperazine rings is 1. The molecule has 2 unspecified atom stereocenters. The Kier molecular flexibility index (Phi) is 4.78. The van der Waals surface area contributed by atoms with E-state index >= 15 is 0 Å². The van der Waals surface area contributed by atoms with Crippen molar-refractivity contribution in [3.63, 3.8) is 0 Å². The topological polar surface area (TPSA) is 42.3 Å². The molecule has 2 aliphatic rings. The van der Waals surface area contributed by atoms with E-state index in [1.54, 1.807) is 0 Å². The van der Waals surface area contributed by atoms with Gasteiger partial charge in [0.1, 0.15) is 0 Å². The second-order valence-corrected chi connectivity index (χ2v) is 5.25. The van der Waals surface area contributed by atoms with Gasteiger partial charge in [0.25, 0.3) is 0 Å². The van der Waals surface area contributed by atoms with Crippen molar-refractivity contribution in [1.82, 2.24) is 15.1 Å². The lowest BCUT2D eigenvalue weighted by Crippen LogP contribution is -2.55. The highest BCUT2D eigenvalue weighted by molar-refractivity contribution is 4.90. The minimum atomic E-state index is 0.0133. The van der Waals surface area contributed by atoms with Crippen LogP contribution in [0.2, 0.25) is 0 Å². The molecule has 17 heavy (non-hydrogen) atoms. The number of hydrogen-bond acceptors (Lipinski definition) is 4. The summed E-state index contributed by atoms with van der Waals surface area (Å²) in [5.41, 5.74) is 0. The monoisotopic (exact) mass is 236 g/mol. The molecular weight excluding hydrogens is 212 g/mol. The average Bonchev–Trinajstić information content (AvgIpc) is 2.40. The molecular formula is C13H24N4. The molecule has 2 rings (SSSR count). The predicted molar refractivity (Wildman–Crippen MR) is 68.7 cm³/mol. The van der Waals surface area contributed by atoms with Gasteiger partial charge in [0.2, 0.25) is 0 Å². The highest BCUT2D eigenvalue weighted by Crippen LogP contribution is 2.21. The third kappa shape index (κ3) is 3.41. The van der Waals surface area contributed by atoms with Gasteiger partial charge in [-0.1, -0.05) is 6.42 Å². The number of nitriles is 1. The van der Waals surface area contributed by atoms with E-state index in [0.717, 1.165) is 19.0 Å². The third-order valence-electron chi connectivity index (χ3n) is 4.16. The van der Waals surface area contributed by atoms with E-state index in [9.17, 15) is 0 Å². The van der Waals surface area contributed by atoms with Crippen LogP contribution in [-0.2, 0) is 0 Å². The molecule has 4 nitrogen and oxygen atoms in total. The number of nitrogens with one attached hydrogen (secondary N) is 1. The highest BCUT2D eigenvalue weighted by atomic mass is 15.3. The van der Waals surface area contributed by atoms with Crippen molar-refractivity contribution in [2.45, 2.75) is 37.8 Å². The van der Waals surface area contributed by atoms with Crippen LogP contribution >= 0.6 is 0 Å². The van der Waals surface area contributed by atoms with E-state index in [-0.39, 0.29) is 6.04 Å². The van der Waals surface area contributed by atoms with Gasteiger partial charge < -0.3 is 10.2 Å². The van der Waals surface area contributed by atoms with Crippen molar-refractivity contribution in [1.29, 1.82) is 5.26 Å². The zero-order chi connectivity index (χ0) is 12.1. The fourth-order valence-electron chi connectivity index (χ4n) is 3.01. The van der Waals surface area contributed by atoms with Crippen LogP contribution < -0.4 is 5.32 Å². The van der Waals surface area contributed by atoms with Crippen LogP contribution in [0, 0.1) is 11.3 Å². The number of piperidine rings is 1. The van der Waals surface area contributed by atoms with Gasteiger partial charge in [-0.05, 0) is 32.9 Å². The quantitative estimate of drug-likeness (QED) is 0.778. The Bertz CT molecular complexity index is 273. The lowest BCUT2D eigenvalue weighted by molar-refractivity contribution is 0.0483. The Morgan fingerprint density at radius 2 is 2.24 bits per heavy atom. The molecule has 4 heteroatoms. The van der Waals surface area contributed by atoms with Gasteiger partial charge in [0.15, 0.2) is 0 Å². The maximum atomic E-state index is 8.90. The van der Waals surface area contributed by atoms with Gasteiger partial charge in [-0.25, -0.2) is 0 Å². The largest absolute Gasteiger partial charge is 0.305 e. The first-order chi connectivity index (χ1) is 8.33. The average molecular weight is 236 g/mol. The molecule has 0 aromatic carbocycles. The smallest absolute Gasteiger partial charge is 0.0962 e. The molecule has 0 spiro atoms. The zero-order valence-electron chi connectivity index (χ0n) is 10.9. The molecule has 0 radical (unpaired) electrons. The molecule has 0 saturated carbocycles. The predicted octanol–water partition coefficient (Wildman–Crippen LogP) is 0.658. The maximum Gasteiger partial charge on any atom is 0.0962 e. The van der Waals surface area contributed by atoms with Crippen LogP contribution in [0.15, 0.2) is 0 Å². The second kappa shape index (κ2) is 6.34. The van der Waals surface area contributed by atoms with E-state index < -0.39 is 0 Å². The lowest BCUT2D eigenvalue weighted by Gasteiger charge is -2.44. The molecule has 0 aromatic heterocycles. The van der Waals surface area contributed by atoms with Gasteiger partial charge in [0.05, 0.1) is 12.1 Å². The zero-order valence-corrected chi connectivity index (χ0v) is 10.9. The molecule has 0 bridgehead atoms. The summed E-state index contributed by atoms with van der Waals surface area (Å²) < 4.78 is 0. The Hall–Kier alpha value is -0.630. The normalized spacial score (nSPS) is 28.4. The van der Waals surface area contributed by atoms with Crippen molar-refractivity contribution in [2.75, 3.05) is 39.8 Å². The van der Waals surface area contributed by atoms with Gasteiger partial charge in [-0.2, -0.15) is 5.26 Å². The summed E-state index contributed by atoms with van der Waals surface area (Å²) in [5.74, 6) is 0. The molecule has 2 saturated heterocycles. The summed E-state index contributed by atoms with van der Waals surface area (Å²) in [6.45, 7) is 5.97. The van der Waals surface area contributed by atoms with E-state index in [2.05, 4.69) is 21.2 Å². The van der Waals surface area contributed by atoms with Crippen LogP contribution in [0.4, 0.5) is 0 Å². The lowest BCUT2D eigenvalue weighted by atomic mass is 9.99. The SMILES string of the molecule is CNC(C#N)CCN1CCN2CCCCC2C1. The van der Waals surface area contributed by atoms with Gasteiger partial charge in [-0.15, -0.1) is 0 Å². The fraction of sp³-hybridized carbons (Fsp3) is 0.923. The number of hydrogen-bond donors (Lipinski definition) is 1. The van der Waals surface area contributed by atoms with Crippen LogP contribution in [0.25, 0.3) is 0 Å². The first-order valence-electron chi connectivity index (χ1n) is 6.87. The van der Waals surface area contributed by atoms with Crippen LogP contribution in [0.5, 0.6) is 0 Å². The molecule has 2 aliphatic heterocycles. The summed E-state index contributed by atoms with van der Waals surface area (Å²) in [5, 5.41) is 12.0. The van der Waals surface area contributed by atoms with Gasteiger partial charge in [-0.3, -0.25) is 4.90 Å². The van der Waals surface area contributed by atoms with E-state index in [1.807, 2.05) is 7.05 Å². The Balaban J connectivity index is 1.74. The van der Waals surface area contributed by atoms with E-state index in [0.29, 0.717) is 0 Å². The highest BCUT2D eigenvalue weighted by Gasteiger charge is 2.28. The molecule has 2 heterocycles. The molecule has 2 fully saturated rings. The summed E-state index contributed by atoms with van der Waals surface area (Å²) in [6, 6.07) is 3.10. The first kappa shape index (κ1) is 12.8. The number of fused-ring (bicyclic) bond motifs is 1. The first-order valence-corrected chi connectivity index (χ1v) is 6.87. The third-order valence-corrected chi connectivity index (χ3v) is 4.16. The fourth-order valence-corrected chi connectivity index (χ4v) is 3.01. The summed E-state index contributed by atoms with van der Waals surface area (Å²) in [7, 11) is 1.87. The molecule has 0 aromatic rings. The van der Waals surface area contributed by atoms with Gasteiger partial charge in [0, 0.05) is 32.2 Å². The Morgan fingerprint density at radius 3 is 3.00 bits per heavy atom. The Labute approximate surface area is 105 Å². The van der Waals surface area contributed by atoms with Crippen LogP contribution in [0.3, 0.4) is 0 Å². The van der Waals surface area contributed by atoms with Crippen LogP contribution in [-0.4, -0.2) is 61.7 Å². The summed E-state index contributed by atoms with van der Waals surface area (Å²) in [6.07, 6.45) is 5.09. The van der Waals surface area contributed by atoms with Crippen molar-refractivity contribution in [3.8, 4) is 6.07 Å². The Morgan fingerprint density at radius 1 is 1.35 bits per heavy atom. The standard InChI is InChI=1S/C13H24N4/c1-15-12(10-14)5-7-16-8-9-17-6-3-2-4-13(17)11-16/h12-13,15H,2-9,11H2,1H3. The van der Waals surface area contributed by atoms with Gasteiger partial charge >= 0.3 is 0 Å². The summed E-state index contributed by atoms with van der Waals surface area (Å²) >= 11 is 0. The van der Waals surface area contributed by atoms with Crippen LogP contribution in [0.1, 0.15) is 25.7 Å². The van der Waals surface area contributed by atoms with Crippen molar-refractivity contribution in [2.24, 2.45) is 0 Å². The molecule has 1 N–H and O–H groups in total. The molecule has 2 atom stereocenters. The van der Waals surface area contributed by atoms with Crippen molar-refractivity contribution in [3.05, 3.63) is 0 Å².